The zero-order valence-electron chi connectivity index (χ0n) is 20.0. The lowest BCUT2D eigenvalue weighted by atomic mass is 10.0. The van der Waals surface area contributed by atoms with Gasteiger partial charge in [0.05, 0.1) is 5.39 Å². The highest BCUT2D eigenvalue weighted by Crippen LogP contribution is 2.27. The molecule has 182 valence electrons. The third-order valence-corrected chi connectivity index (χ3v) is 5.56. The average Bonchev–Trinajstić information content (AvgIpc) is 2.89. The smallest absolute Gasteiger partial charge is 0.342 e. The van der Waals surface area contributed by atoms with E-state index >= 15 is 0 Å². The lowest BCUT2D eigenvalue weighted by Crippen LogP contribution is -2.22. The van der Waals surface area contributed by atoms with Crippen molar-refractivity contribution in [2.75, 3.05) is 26.0 Å². The Bertz CT molecular complexity index is 1510. The van der Waals surface area contributed by atoms with Gasteiger partial charge in [0.1, 0.15) is 11.3 Å². The van der Waals surface area contributed by atoms with E-state index in [4.69, 9.17) is 9.15 Å². The van der Waals surface area contributed by atoms with Crippen molar-refractivity contribution in [1.29, 1.82) is 0 Å². The van der Waals surface area contributed by atoms with Crippen molar-refractivity contribution in [3.63, 3.8) is 0 Å². The SMILES string of the molecule is Cc1c(-c2ccccc2)oc2c(C(=O)OCC(=O)Nc3ccc(C(=O)N(C)C)cc3)cccc2c1=O. The van der Waals surface area contributed by atoms with Crippen LogP contribution in [-0.4, -0.2) is 43.4 Å². The maximum atomic E-state index is 13.0. The number of nitrogens with one attached hydrogen (secondary N) is 1. The minimum absolute atomic E-state index is 0.0427. The van der Waals surface area contributed by atoms with Crippen LogP contribution >= 0.6 is 0 Å². The molecule has 0 saturated heterocycles. The van der Waals surface area contributed by atoms with Crippen LogP contribution < -0.4 is 10.7 Å². The minimum Gasteiger partial charge on any atom is -0.455 e. The van der Waals surface area contributed by atoms with Gasteiger partial charge in [-0.2, -0.15) is 0 Å². The molecule has 8 nitrogen and oxygen atoms in total. The van der Waals surface area contributed by atoms with Crippen LogP contribution in [0.4, 0.5) is 5.69 Å². The molecule has 0 fully saturated rings. The summed E-state index contributed by atoms with van der Waals surface area (Å²) in [5, 5.41) is 2.86. The molecule has 1 aromatic heterocycles. The molecule has 4 aromatic rings. The molecule has 0 atom stereocenters. The zero-order chi connectivity index (χ0) is 25.8. The van der Waals surface area contributed by atoms with Crippen molar-refractivity contribution in [2.24, 2.45) is 0 Å². The first kappa shape index (κ1) is 24.4. The number of benzene rings is 3. The van der Waals surface area contributed by atoms with Crippen molar-refractivity contribution in [3.05, 3.63) is 99.7 Å². The normalized spacial score (nSPS) is 10.6. The topological polar surface area (TPSA) is 106 Å². The van der Waals surface area contributed by atoms with Crippen LogP contribution in [0.2, 0.25) is 0 Å². The van der Waals surface area contributed by atoms with E-state index in [0.29, 0.717) is 28.1 Å². The monoisotopic (exact) mass is 484 g/mol. The van der Waals surface area contributed by atoms with Crippen LogP contribution in [0.15, 0.2) is 82.0 Å². The maximum absolute atomic E-state index is 13.0. The first-order valence-electron chi connectivity index (χ1n) is 11.2. The lowest BCUT2D eigenvalue weighted by molar-refractivity contribution is -0.119. The number of hydrogen-bond donors (Lipinski definition) is 1. The average molecular weight is 485 g/mol. The Morgan fingerprint density at radius 2 is 1.61 bits per heavy atom. The second kappa shape index (κ2) is 10.3. The van der Waals surface area contributed by atoms with E-state index in [-0.39, 0.29) is 27.9 Å². The first-order valence-corrected chi connectivity index (χ1v) is 11.2. The third-order valence-electron chi connectivity index (χ3n) is 5.56. The molecule has 36 heavy (non-hydrogen) atoms. The molecule has 0 aliphatic rings. The van der Waals surface area contributed by atoms with Gasteiger partial charge in [0.25, 0.3) is 11.8 Å². The van der Waals surface area contributed by atoms with Gasteiger partial charge in [0, 0.05) is 36.5 Å². The van der Waals surface area contributed by atoms with Crippen molar-refractivity contribution < 1.29 is 23.5 Å². The zero-order valence-corrected chi connectivity index (χ0v) is 20.0. The molecular weight excluding hydrogens is 460 g/mol. The molecule has 4 rings (SSSR count). The van der Waals surface area contributed by atoms with Crippen LogP contribution in [0.1, 0.15) is 26.3 Å². The summed E-state index contributed by atoms with van der Waals surface area (Å²) in [6, 6.07) is 20.1. The molecule has 8 heteroatoms. The fraction of sp³-hybridized carbons (Fsp3) is 0.143. The second-order valence-corrected chi connectivity index (χ2v) is 8.33. The van der Waals surface area contributed by atoms with E-state index in [1.54, 1.807) is 57.4 Å². The number of carbonyl (C=O) groups is 3. The van der Waals surface area contributed by atoms with E-state index in [0.717, 1.165) is 0 Å². The largest absolute Gasteiger partial charge is 0.455 e. The van der Waals surface area contributed by atoms with Crippen molar-refractivity contribution in [1.82, 2.24) is 4.90 Å². The molecule has 0 unspecified atom stereocenters. The first-order chi connectivity index (χ1) is 17.3. The number of para-hydroxylation sites is 1. The van der Waals surface area contributed by atoms with E-state index in [1.165, 1.54) is 11.0 Å². The van der Waals surface area contributed by atoms with Crippen LogP contribution in [0.3, 0.4) is 0 Å². The number of hydrogen-bond acceptors (Lipinski definition) is 6. The highest BCUT2D eigenvalue weighted by atomic mass is 16.5. The van der Waals surface area contributed by atoms with Crippen molar-refractivity contribution in [2.45, 2.75) is 6.92 Å². The number of amides is 2. The van der Waals surface area contributed by atoms with Crippen molar-refractivity contribution in [3.8, 4) is 11.3 Å². The van der Waals surface area contributed by atoms with E-state index in [1.807, 2.05) is 30.3 Å². The number of fused-ring (bicyclic) bond motifs is 1. The summed E-state index contributed by atoms with van der Waals surface area (Å²) in [7, 11) is 3.30. The summed E-state index contributed by atoms with van der Waals surface area (Å²) in [5.74, 6) is -1.15. The number of anilines is 1. The summed E-state index contributed by atoms with van der Waals surface area (Å²) >= 11 is 0. The van der Waals surface area contributed by atoms with Crippen LogP contribution in [0.5, 0.6) is 0 Å². The van der Waals surface area contributed by atoms with Gasteiger partial charge in [-0.3, -0.25) is 14.4 Å². The predicted octanol–water partition coefficient (Wildman–Crippen LogP) is 4.27. The van der Waals surface area contributed by atoms with Gasteiger partial charge < -0.3 is 19.4 Å². The van der Waals surface area contributed by atoms with Crippen LogP contribution in [0, 0.1) is 6.92 Å². The highest BCUT2D eigenvalue weighted by molar-refractivity contribution is 6.03. The van der Waals surface area contributed by atoms with Crippen LogP contribution in [-0.2, 0) is 9.53 Å². The molecule has 0 saturated carbocycles. The molecule has 2 amide bonds. The predicted molar refractivity (Wildman–Crippen MR) is 136 cm³/mol. The van der Waals surface area contributed by atoms with Gasteiger partial charge in [-0.15, -0.1) is 0 Å². The Balaban J connectivity index is 1.51. The molecule has 3 aromatic carbocycles. The van der Waals surface area contributed by atoms with Gasteiger partial charge in [0.2, 0.25) is 0 Å². The maximum Gasteiger partial charge on any atom is 0.342 e. The number of nitrogens with zero attached hydrogens (tertiary/aromatic N) is 1. The van der Waals surface area contributed by atoms with Crippen molar-refractivity contribution >= 4 is 34.4 Å². The van der Waals surface area contributed by atoms with E-state index in [9.17, 15) is 19.2 Å². The minimum atomic E-state index is -0.798. The molecule has 1 N–H and O–H groups in total. The molecule has 0 aliphatic carbocycles. The Hall–Kier alpha value is -4.72. The Kier molecular flexibility index (Phi) is 6.96. The molecule has 0 spiro atoms. The Morgan fingerprint density at radius 1 is 0.917 bits per heavy atom. The van der Waals surface area contributed by atoms with E-state index in [2.05, 4.69) is 5.32 Å². The standard InChI is InChI=1S/C28H24N2O6/c1-17-24(32)21-10-7-11-22(26(21)36-25(17)18-8-5-4-6-9-18)28(34)35-16-23(31)29-20-14-12-19(13-15-20)27(33)30(2)3/h4-15H,16H2,1-3H3,(H,29,31). The third kappa shape index (κ3) is 5.02. The summed E-state index contributed by atoms with van der Waals surface area (Å²) in [4.78, 5) is 51.6. The summed E-state index contributed by atoms with van der Waals surface area (Å²) in [6.45, 7) is 1.13. The number of ether oxygens (including phenoxy) is 1. The fourth-order valence-electron chi connectivity index (χ4n) is 3.70. The van der Waals surface area contributed by atoms with E-state index < -0.39 is 18.5 Å². The lowest BCUT2D eigenvalue weighted by Gasteiger charge is -2.11. The molecule has 0 radical (unpaired) electrons. The second-order valence-electron chi connectivity index (χ2n) is 8.33. The number of esters is 1. The number of carbonyl (C=O) groups excluding carboxylic acids is 3. The Morgan fingerprint density at radius 3 is 2.28 bits per heavy atom. The summed E-state index contributed by atoms with van der Waals surface area (Å²) in [6.07, 6.45) is 0. The highest BCUT2D eigenvalue weighted by Gasteiger charge is 2.20. The number of rotatable bonds is 6. The molecule has 0 aliphatic heterocycles. The molecular formula is C28H24N2O6. The van der Waals surface area contributed by atoms with Gasteiger partial charge in [-0.05, 0) is 43.3 Å². The van der Waals surface area contributed by atoms with Gasteiger partial charge in [-0.1, -0.05) is 36.4 Å². The molecule has 0 bridgehead atoms. The summed E-state index contributed by atoms with van der Waals surface area (Å²) in [5.41, 5.74) is 1.95. The van der Waals surface area contributed by atoms with Gasteiger partial charge in [0.15, 0.2) is 17.6 Å². The summed E-state index contributed by atoms with van der Waals surface area (Å²) < 4.78 is 11.2. The molecule has 1 heterocycles. The van der Waals surface area contributed by atoms with Gasteiger partial charge >= 0.3 is 5.97 Å². The quantitative estimate of drug-likeness (QED) is 0.410. The Labute approximate surface area is 207 Å². The van der Waals surface area contributed by atoms with Crippen LogP contribution in [0.25, 0.3) is 22.3 Å². The van der Waals surface area contributed by atoms with Gasteiger partial charge in [-0.25, -0.2) is 4.79 Å². The fourth-order valence-corrected chi connectivity index (χ4v) is 3.70.